The second-order valence-corrected chi connectivity index (χ2v) is 6.25. The van der Waals surface area contributed by atoms with Crippen molar-refractivity contribution in [3.05, 3.63) is 63.4 Å². The molecule has 0 unspecified atom stereocenters. The van der Waals surface area contributed by atoms with E-state index in [2.05, 4.69) is 5.32 Å². The standard InChI is InChI=1S/C18H20Cl2FNO2/c1-2-14(10-23)22-9-12-8-13(19)6-7-18(12)24-11-15-16(20)4-3-5-17(15)21/h3-8,14,22-23H,2,9-11H2,1H3/t14-/m0/s1. The molecule has 0 aliphatic carbocycles. The van der Waals surface area contributed by atoms with Gasteiger partial charge in [0.05, 0.1) is 11.6 Å². The lowest BCUT2D eigenvalue weighted by atomic mass is 10.1. The van der Waals surface area contributed by atoms with Crippen LogP contribution >= 0.6 is 23.2 Å². The van der Waals surface area contributed by atoms with E-state index in [0.717, 1.165) is 12.0 Å². The van der Waals surface area contributed by atoms with E-state index in [1.165, 1.54) is 6.07 Å². The topological polar surface area (TPSA) is 41.5 Å². The molecule has 0 saturated heterocycles. The van der Waals surface area contributed by atoms with Gasteiger partial charge < -0.3 is 15.2 Å². The molecule has 2 aromatic rings. The normalized spacial score (nSPS) is 12.2. The van der Waals surface area contributed by atoms with Gasteiger partial charge in [-0.3, -0.25) is 0 Å². The average molecular weight is 372 g/mol. The van der Waals surface area contributed by atoms with Gasteiger partial charge in [0, 0.05) is 28.7 Å². The molecule has 0 saturated carbocycles. The zero-order valence-electron chi connectivity index (χ0n) is 13.4. The smallest absolute Gasteiger partial charge is 0.131 e. The molecule has 0 aromatic heterocycles. The van der Waals surface area contributed by atoms with Crippen molar-refractivity contribution < 1.29 is 14.2 Å². The van der Waals surface area contributed by atoms with Crippen molar-refractivity contribution in [1.29, 1.82) is 0 Å². The van der Waals surface area contributed by atoms with Crippen LogP contribution in [0.5, 0.6) is 5.75 Å². The highest BCUT2D eigenvalue weighted by Gasteiger charge is 2.11. The Morgan fingerprint density at radius 3 is 2.71 bits per heavy atom. The van der Waals surface area contributed by atoms with Gasteiger partial charge in [0.2, 0.25) is 0 Å². The Hall–Kier alpha value is -1.33. The molecule has 2 N–H and O–H groups in total. The molecule has 2 aromatic carbocycles. The highest BCUT2D eigenvalue weighted by Crippen LogP contribution is 2.26. The van der Waals surface area contributed by atoms with Crippen molar-refractivity contribution in [2.45, 2.75) is 32.5 Å². The summed E-state index contributed by atoms with van der Waals surface area (Å²) in [6.07, 6.45) is 0.804. The van der Waals surface area contributed by atoms with E-state index in [4.69, 9.17) is 27.9 Å². The third kappa shape index (κ3) is 5.08. The summed E-state index contributed by atoms with van der Waals surface area (Å²) in [5.41, 5.74) is 1.15. The fourth-order valence-electron chi connectivity index (χ4n) is 2.24. The molecule has 0 bridgehead atoms. The molecular formula is C18H20Cl2FNO2. The Labute approximate surface area is 151 Å². The first kappa shape index (κ1) is 19.0. The second-order valence-electron chi connectivity index (χ2n) is 5.41. The predicted molar refractivity (Wildman–Crippen MR) is 95.2 cm³/mol. The quantitative estimate of drug-likeness (QED) is 0.713. The minimum absolute atomic E-state index is 0.00200. The summed E-state index contributed by atoms with van der Waals surface area (Å²) >= 11 is 12.1. The highest BCUT2D eigenvalue weighted by molar-refractivity contribution is 6.31. The molecule has 3 nitrogen and oxygen atoms in total. The Kier molecular flexibility index (Phi) is 7.31. The van der Waals surface area contributed by atoms with E-state index in [1.54, 1.807) is 30.3 Å². The first-order valence-electron chi connectivity index (χ1n) is 7.73. The molecule has 6 heteroatoms. The minimum Gasteiger partial charge on any atom is -0.488 e. The largest absolute Gasteiger partial charge is 0.488 e. The number of hydrogen-bond donors (Lipinski definition) is 2. The molecule has 1 atom stereocenters. The summed E-state index contributed by atoms with van der Waals surface area (Å²) in [6.45, 7) is 2.55. The fourth-order valence-corrected chi connectivity index (χ4v) is 2.65. The van der Waals surface area contributed by atoms with Crippen LogP contribution in [0.3, 0.4) is 0 Å². The predicted octanol–water partition coefficient (Wildman–Crippen LogP) is 4.57. The van der Waals surface area contributed by atoms with E-state index < -0.39 is 5.82 Å². The number of ether oxygens (including phenoxy) is 1. The lowest BCUT2D eigenvalue weighted by Crippen LogP contribution is -2.31. The summed E-state index contributed by atoms with van der Waals surface area (Å²) in [6, 6.07) is 9.77. The Bertz CT molecular complexity index is 658. The lowest BCUT2D eigenvalue weighted by molar-refractivity contribution is 0.237. The molecule has 0 spiro atoms. The van der Waals surface area contributed by atoms with E-state index in [-0.39, 0.29) is 19.3 Å². The third-order valence-electron chi connectivity index (χ3n) is 3.75. The minimum atomic E-state index is -0.400. The van der Waals surface area contributed by atoms with Gasteiger partial charge in [0.25, 0.3) is 0 Å². The van der Waals surface area contributed by atoms with Crippen LogP contribution < -0.4 is 10.1 Å². The van der Waals surface area contributed by atoms with Crippen LogP contribution in [0.1, 0.15) is 24.5 Å². The lowest BCUT2D eigenvalue weighted by Gasteiger charge is -2.17. The number of aliphatic hydroxyl groups excluding tert-OH is 1. The Morgan fingerprint density at radius 2 is 2.04 bits per heavy atom. The highest BCUT2D eigenvalue weighted by atomic mass is 35.5. The van der Waals surface area contributed by atoms with Gasteiger partial charge >= 0.3 is 0 Å². The summed E-state index contributed by atoms with van der Waals surface area (Å²) < 4.78 is 19.6. The first-order chi connectivity index (χ1) is 11.5. The maximum atomic E-state index is 13.8. The van der Waals surface area contributed by atoms with Crippen LogP contribution in [0.4, 0.5) is 4.39 Å². The molecule has 2 rings (SSSR count). The van der Waals surface area contributed by atoms with Gasteiger partial charge in [-0.15, -0.1) is 0 Å². The average Bonchev–Trinajstić information content (AvgIpc) is 2.57. The van der Waals surface area contributed by atoms with Gasteiger partial charge in [-0.2, -0.15) is 0 Å². The molecule has 24 heavy (non-hydrogen) atoms. The molecular weight excluding hydrogens is 352 g/mol. The van der Waals surface area contributed by atoms with Crippen molar-refractivity contribution >= 4 is 23.2 Å². The van der Waals surface area contributed by atoms with Crippen molar-refractivity contribution in [2.24, 2.45) is 0 Å². The zero-order chi connectivity index (χ0) is 17.5. The van der Waals surface area contributed by atoms with Gasteiger partial charge in [-0.1, -0.05) is 36.2 Å². The van der Waals surface area contributed by atoms with Crippen LogP contribution in [0.15, 0.2) is 36.4 Å². The monoisotopic (exact) mass is 371 g/mol. The molecule has 0 amide bonds. The molecule has 0 radical (unpaired) electrons. The Balaban J connectivity index is 2.12. The van der Waals surface area contributed by atoms with Gasteiger partial charge in [-0.05, 0) is 36.8 Å². The van der Waals surface area contributed by atoms with E-state index in [9.17, 15) is 9.50 Å². The fraction of sp³-hybridized carbons (Fsp3) is 0.333. The van der Waals surface area contributed by atoms with Crippen molar-refractivity contribution in [1.82, 2.24) is 5.32 Å². The summed E-state index contributed by atoms with van der Waals surface area (Å²) in [7, 11) is 0. The molecule has 0 heterocycles. The number of aliphatic hydroxyl groups is 1. The van der Waals surface area contributed by atoms with Gasteiger partial charge in [-0.25, -0.2) is 4.39 Å². The van der Waals surface area contributed by atoms with Gasteiger partial charge in [0.15, 0.2) is 0 Å². The van der Waals surface area contributed by atoms with Crippen LogP contribution in [0, 0.1) is 5.82 Å². The molecule has 0 fully saturated rings. The SMILES string of the molecule is CC[C@@H](CO)NCc1cc(Cl)ccc1OCc1c(F)cccc1Cl. The Morgan fingerprint density at radius 1 is 1.25 bits per heavy atom. The van der Waals surface area contributed by atoms with E-state index in [0.29, 0.717) is 27.9 Å². The summed E-state index contributed by atoms with van der Waals surface area (Å²) in [5, 5.41) is 13.4. The van der Waals surface area contributed by atoms with Crippen LogP contribution in [-0.4, -0.2) is 17.8 Å². The second kappa shape index (κ2) is 9.23. The third-order valence-corrected chi connectivity index (χ3v) is 4.34. The van der Waals surface area contributed by atoms with Crippen LogP contribution in [0.2, 0.25) is 10.0 Å². The number of nitrogens with one attached hydrogen (secondary N) is 1. The van der Waals surface area contributed by atoms with Crippen molar-refractivity contribution in [3.8, 4) is 5.75 Å². The van der Waals surface area contributed by atoms with Crippen molar-refractivity contribution in [3.63, 3.8) is 0 Å². The number of hydrogen-bond acceptors (Lipinski definition) is 3. The molecule has 130 valence electrons. The summed E-state index contributed by atoms with van der Waals surface area (Å²) in [5.74, 6) is 0.196. The number of benzene rings is 2. The number of rotatable bonds is 8. The van der Waals surface area contributed by atoms with Crippen molar-refractivity contribution in [2.75, 3.05) is 6.61 Å². The maximum Gasteiger partial charge on any atom is 0.131 e. The van der Waals surface area contributed by atoms with Crippen LogP contribution in [-0.2, 0) is 13.2 Å². The number of halogens is 3. The zero-order valence-corrected chi connectivity index (χ0v) is 14.9. The molecule has 0 aliphatic rings. The van der Waals surface area contributed by atoms with Gasteiger partial charge in [0.1, 0.15) is 18.2 Å². The maximum absolute atomic E-state index is 13.8. The summed E-state index contributed by atoms with van der Waals surface area (Å²) in [4.78, 5) is 0. The molecule has 0 aliphatic heterocycles. The van der Waals surface area contributed by atoms with E-state index in [1.807, 2.05) is 6.92 Å². The van der Waals surface area contributed by atoms with E-state index >= 15 is 0 Å². The first-order valence-corrected chi connectivity index (χ1v) is 8.49. The van der Waals surface area contributed by atoms with Crippen LogP contribution in [0.25, 0.3) is 0 Å².